The Morgan fingerprint density at radius 2 is 1.89 bits per heavy atom. The third kappa shape index (κ3) is 4.51. The second-order valence-electron chi connectivity index (χ2n) is 6.40. The van der Waals surface area contributed by atoms with E-state index in [4.69, 9.17) is 11.6 Å². The van der Waals surface area contributed by atoms with Crippen molar-refractivity contribution >= 4 is 33.2 Å². The third-order valence-corrected chi connectivity index (χ3v) is 4.96. The predicted molar refractivity (Wildman–Crippen MR) is 108 cm³/mol. The highest BCUT2D eigenvalue weighted by atomic mass is 35.5. The smallest absolute Gasteiger partial charge is 0.261 e. The number of anilines is 1. The maximum Gasteiger partial charge on any atom is 0.261 e. The number of halogens is 1. The lowest BCUT2D eigenvalue weighted by Crippen LogP contribution is -2.23. The quantitative estimate of drug-likeness (QED) is 0.607. The van der Waals surface area contributed by atoms with Gasteiger partial charge in [-0.1, -0.05) is 43.5 Å². The summed E-state index contributed by atoms with van der Waals surface area (Å²) in [5.41, 5.74) is 1.08. The molecule has 7 nitrogen and oxygen atoms in total. The van der Waals surface area contributed by atoms with E-state index >= 15 is 0 Å². The molecule has 2 aromatic heterocycles. The normalized spacial score (nSPS) is 11.8. The number of unbranched alkanes of at least 4 members (excludes halogenated alkanes) is 2. The number of aryl methyl sites for hydroxylation is 1. The monoisotopic (exact) mass is 408 g/mol. The van der Waals surface area contributed by atoms with Crippen LogP contribution in [0, 0.1) is 0 Å². The van der Waals surface area contributed by atoms with Crippen molar-refractivity contribution in [2.24, 2.45) is 0 Å². The molecule has 9 heteroatoms. The molecule has 0 spiro atoms. The minimum Gasteiger partial charge on any atom is -0.297 e. The summed E-state index contributed by atoms with van der Waals surface area (Å²) in [6.07, 6.45) is 5.57. The molecule has 2 heterocycles. The Labute approximate surface area is 162 Å². The summed E-state index contributed by atoms with van der Waals surface area (Å²) in [6, 6.07) is 8.45. The first kappa shape index (κ1) is 19.4. The summed E-state index contributed by atoms with van der Waals surface area (Å²) in [4.78, 5) is 17.1. The zero-order valence-electron chi connectivity index (χ0n) is 15.1. The molecular formula is C18H21ClN4O3S. The Morgan fingerprint density at radius 3 is 2.52 bits per heavy atom. The van der Waals surface area contributed by atoms with Crippen LogP contribution in [0.15, 0.2) is 41.3 Å². The van der Waals surface area contributed by atoms with Gasteiger partial charge in [-0.25, -0.2) is 13.4 Å². The molecule has 1 N–H and O–H groups in total. The minimum atomic E-state index is -3.53. The van der Waals surface area contributed by atoms with Crippen molar-refractivity contribution in [3.8, 4) is 11.3 Å². The molecule has 1 aromatic carbocycles. The van der Waals surface area contributed by atoms with Crippen LogP contribution >= 0.6 is 11.6 Å². The summed E-state index contributed by atoms with van der Waals surface area (Å²) in [7, 11) is -3.53. The second kappa shape index (κ2) is 7.74. The van der Waals surface area contributed by atoms with Crippen molar-refractivity contribution in [2.75, 3.05) is 11.0 Å². The van der Waals surface area contributed by atoms with Crippen LogP contribution in [0.4, 0.5) is 5.82 Å². The summed E-state index contributed by atoms with van der Waals surface area (Å²) >= 11 is 5.94. The number of hydrogen-bond acceptors (Lipinski definition) is 4. The number of benzene rings is 1. The molecule has 0 atom stereocenters. The Hall–Kier alpha value is -2.32. The number of hydrogen-bond donors (Lipinski definition) is 1. The van der Waals surface area contributed by atoms with Crippen molar-refractivity contribution in [2.45, 2.75) is 32.7 Å². The van der Waals surface area contributed by atoms with E-state index in [0.717, 1.165) is 31.1 Å². The van der Waals surface area contributed by atoms with E-state index in [1.54, 1.807) is 22.9 Å². The molecule has 0 saturated heterocycles. The van der Waals surface area contributed by atoms with Crippen LogP contribution in [-0.4, -0.2) is 28.6 Å². The van der Waals surface area contributed by atoms with Gasteiger partial charge in [-0.15, -0.1) is 0 Å². The number of aromatic nitrogens is 3. The zero-order valence-corrected chi connectivity index (χ0v) is 16.7. The molecular weight excluding hydrogens is 388 g/mol. The molecule has 144 valence electrons. The summed E-state index contributed by atoms with van der Waals surface area (Å²) in [5.74, 6) is 0.620. The van der Waals surface area contributed by atoms with Crippen LogP contribution in [0.5, 0.6) is 0 Å². The fourth-order valence-corrected chi connectivity index (χ4v) is 3.54. The average Bonchev–Trinajstić information content (AvgIpc) is 3.03. The summed E-state index contributed by atoms with van der Waals surface area (Å²) in [5, 5.41) is 0.612. The van der Waals surface area contributed by atoms with Gasteiger partial charge in [0.2, 0.25) is 15.8 Å². The Balaban J connectivity index is 2.17. The number of nitrogens with zero attached hydrogens (tertiary/aromatic N) is 3. The van der Waals surface area contributed by atoms with E-state index in [9.17, 15) is 13.2 Å². The van der Waals surface area contributed by atoms with Gasteiger partial charge in [-0.3, -0.25) is 18.5 Å². The molecule has 0 bridgehead atoms. The first-order valence-corrected chi connectivity index (χ1v) is 10.9. The third-order valence-electron chi connectivity index (χ3n) is 4.13. The number of nitrogens with one attached hydrogen (secondary N) is 1. The van der Waals surface area contributed by atoms with E-state index in [1.165, 1.54) is 10.5 Å². The standard InChI is InChI=1S/C18H21ClN4O3S/c1-3-4-5-10-22-16(21-27(2,25)26)11-17(24)23-12-15(20-18(22)23)13-6-8-14(19)9-7-13/h6-9,11-12,21H,3-5,10H2,1-2H3. The highest BCUT2D eigenvalue weighted by molar-refractivity contribution is 7.92. The number of rotatable bonds is 7. The molecule has 3 aromatic rings. The topological polar surface area (TPSA) is 85.5 Å². The lowest BCUT2D eigenvalue weighted by molar-refractivity contribution is 0.598. The van der Waals surface area contributed by atoms with Gasteiger partial charge in [-0.2, -0.15) is 0 Å². The van der Waals surface area contributed by atoms with Gasteiger partial charge in [0.05, 0.1) is 11.9 Å². The minimum absolute atomic E-state index is 0.222. The molecule has 27 heavy (non-hydrogen) atoms. The van der Waals surface area contributed by atoms with Gasteiger partial charge in [0.25, 0.3) is 5.56 Å². The second-order valence-corrected chi connectivity index (χ2v) is 8.59. The van der Waals surface area contributed by atoms with Crippen molar-refractivity contribution in [1.29, 1.82) is 0 Å². The van der Waals surface area contributed by atoms with E-state index in [-0.39, 0.29) is 11.4 Å². The fourth-order valence-electron chi connectivity index (χ4n) is 2.87. The highest BCUT2D eigenvalue weighted by Crippen LogP contribution is 2.22. The highest BCUT2D eigenvalue weighted by Gasteiger charge is 2.15. The summed E-state index contributed by atoms with van der Waals surface area (Å²) < 4.78 is 29.0. The Morgan fingerprint density at radius 1 is 1.19 bits per heavy atom. The van der Waals surface area contributed by atoms with Crippen molar-refractivity contribution < 1.29 is 8.42 Å². The predicted octanol–water partition coefficient (Wildman–Crippen LogP) is 3.38. The zero-order chi connectivity index (χ0) is 19.6. The lowest BCUT2D eigenvalue weighted by Gasteiger charge is -2.15. The molecule has 0 saturated carbocycles. The van der Waals surface area contributed by atoms with Crippen LogP contribution in [0.25, 0.3) is 17.0 Å². The number of sulfonamides is 1. The van der Waals surface area contributed by atoms with E-state index < -0.39 is 10.0 Å². The Bertz CT molecular complexity index is 1120. The molecule has 3 rings (SSSR count). The molecule has 0 radical (unpaired) electrons. The molecule has 0 aliphatic carbocycles. The van der Waals surface area contributed by atoms with Crippen LogP contribution in [0.3, 0.4) is 0 Å². The first-order chi connectivity index (χ1) is 12.8. The van der Waals surface area contributed by atoms with Crippen molar-refractivity contribution in [1.82, 2.24) is 14.0 Å². The number of fused-ring (bicyclic) bond motifs is 1. The maximum absolute atomic E-state index is 12.5. The van der Waals surface area contributed by atoms with E-state index in [0.29, 0.717) is 23.0 Å². The van der Waals surface area contributed by atoms with E-state index in [2.05, 4.69) is 16.6 Å². The largest absolute Gasteiger partial charge is 0.297 e. The average molecular weight is 409 g/mol. The fraction of sp³-hybridized carbons (Fsp3) is 0.333. The lowest BCUT2D eigenvalue weighted by atomic mass is 10.2. The SMILES string of the molecule is CCCCCn1c(NS(C)(=O)=O)cc(=O)n2cc(-c3ccc(Cl)cc3)nc12. The van der Waals surface area contributed by atoms with Gasteiger partial charge < -0.3 is 0 Å². The first-order valence-electron chi connectivity index (χ1n) is 8.65. The van der Waals surface area contributed by atoms with Crippen LogP contribution in [0.2, 0.25) is 5.02 Å². The maximum atomic E-state index is 12.5. The van der Waals surface area contributed by atoms with Crippen molar-refractivity contribution in [3.05, 3.63) is 51.9 Å². The van der Waals surface area contributed by atoms with Crippen LogP contribution < -0.4 is 10.3 Å². The Kier molecular flexibility index (Phi) is 5.57. The molecule has 0 fully saturated rings. The van der Waals surface area contributed by atoms with Gasteiger partial charge in [0, 0.05) is 29.4 Å². The molecule has 0 aliphatic heterocycles. The van der Waals surface area contributed by atoms with Gasteiger partial charge in [-0.05, 0) is 18.6 Å². The van der Waals surface area contributed by atoms with Gasteiger partial charge in [0.15, 0.2) is 0 Å². The van der Waals surface area contributed by atoms with Crippen molar-refractivity contribution in [3.63, 3.8) is 0 Å². The van der Waals surface area contributed by atoms with Gasteiger partial charge in [0.1, 0.15) is 5.82 Å². The van der Waals surface area contributed by atoms with Gasteiger partial charge >= 0.3 is 0 Å². The molecule has 0 aliphatic rings. The molecule has 0 unspecified atom stereocenters. The molecule has 0 amide bonds. The van der Waals surface area contributed by atoms with E-state index in [1.807, 2.05) is 12.1 Å². The number of imidazole rings is 1. The van der Waals surface area contributed by atoms with Crippen LogP contribution in [0.1, 0.15) is 26.2 Å². The summed E-state index contributed by atoms with van der Waals surface area (Å²) in [6.45, 7) is 2.64. The van der Waals surface area contributed by atoms with Crippen LogP contribution in [-0.2, 0) is 16.6 Å².